The predicted molar refractivity (Wildman–Crippen MR) is 84.1 cm³/mol. The molecule has 0 aliphatic carbocycles. The summed E-state index contributed by atoms with van der Waals surface area (Å²) in [7, 11) is 0. The normalized spacial score (nSPS) is 18.2. The maximum atomic E-state index is 12.5. The maximum absolute atomic E-state index is 12.5. The largest absolute Gasteiger partial charge is 0.369 e. The van der Waals surface area contributed by atoms with Gasteiger partial charge < -0.3 is 10.6 Å². The Kier molecular flexibility index (Phi) is 4.88. The Bertz CT molecular complexity index is 577. The summed E-state index contributed by atoms with van der Waals surface area (Å²) in [5, 5.41) is 4.54. The molecule has 2 rings (SSSR count). The van der Waals surface area contributed by atoms with Crippen molar-refractivity contribution in [3.63, 3.8) is 0 Å². The molecule has 0 radical (unpaired) electrons. The molecule has 2 N–H and O–H groups in total. The lowest BCUT2D eigenvalue weighted by atomic mass is 10.1. The molecule has 1 aromatic rings. The van der Waals surface area contributed by atoms with Crippen LogP contribution in [0.5, 0.6) is 0 Å². The first-order valence-corrected chi connectivity index (χ1v) is 7.89. The smallest absolute Gasteiger partial charge is 0.227 e. The van der Waals surface area contributed by atoms with Crippen LogP contribution in [0.4, 0.5) is 0 Å². The van der Waals surface area contributed by atoms with E-state index in [-0.39, 0.29) is 17.7 Å². The monoisotopic (exact) mass is 306 g/mol. The summed E-state index contributed by atoms with van der Waals surface area (Å²) in [5.41, 5.74) is 8.30. The van der Waals surface area contributed by atoms with Gasteiger partial charge in [-0.15, -0.1) is 0 Å². The van der Waals surface area contributed by atoms with Gasteiger partial charge in [-0.2, -0.15) is 5.10 Å². The van der Waals surface area contributed by atoms with Gasteiger partial charge in [-0.3, -0.25) is 14.3 Å². The number of hydrogen-bond donors (Lipinski definition) is 1. The van der Waals surface area contributed by atoms with Gasteiger partial charge in [0.15, 0.2) is 0 Å². The molecule has 1 aromatic heterocycles. The molecule has 6 nitrogen and oxygen atoms in total. The van der Waals surface area contributed by atoms with Gasteiger partial charge in [-0.1, -0.05) is 13.8 Å². The Morgan fingerprint density at radius 1 is 1.36 bits per heavy atom. The molecule has 0 spiro atoms. The Balaban J connectivity index is 2.06. The highest BCUT2D eigenvalue weighted by Crippen LogP contribution is 2.20. The first-order valence-electron chi connectivity index (χ1n) is 7.89. The van der Waals surface area contributed by atoms with Crippen molar-refractivity contribution in [3.05, 3.63) is 17.0 Å². The fourth-order valence-electron chi connectivity index (χ4n) is 3.00. The van der Waals surface area contributed by atoms with E-state index in [0.717, 1.165) is 23.5 Å². The molecule has 6 heteroatoms. The number of primary amides is 1. The lowest BCUT2D eigenvalue weighted by Crippen LogP contribution is -2.32. The van der Waals surface area contributed by atoms with Gasteiger partial charge in [0.25, 0.3) is 0 Å². The Hall–Kier alpha value is -1.85. The zero-order valence-electron chi connectivity index (χ0n) is 13.9. The molecule has 0 saturated carbocycles. The van der Waals surface area contributed by atoms with Crippen molar-refractivity contribution in [2.75, 3.05) is 13.1 Å². The van der Waals surface area contributed by atoms with Gasteiger partial charge in [0.1, 0.15) is 0 Å². The van der Waals surface area contributed by atoms with E-state index in [9.17, 15) is 9.59 Å². The van der Waals surface area contributed by atoms with Crippen LogP contribution in [0.25, 0.3) is 0 Å². The van der Waals surface area contributed by atoms with Gasteiger partial charge in [0, 0.05) is 30.9 Å². The van der Waals surface area contributed by atoms with Gasteiger partial charge in [0.2, 0.25) is 11.8 Å². The lowest BCUT2D eigenvalue weighted by Gasteiger charge is -2.16. The lowest BCUT2D eigenvalue weighted by molar-refractivity contribution is -0.129. The molecule has 2 amide bonds. The van der Waals surface area contributed by atoms with Crippen LogP contribution in [-0.2, 0) is 22.6 Å². The molecule has 0 aromatic carbocycles. The molecule has 1 aliphatic rings. The zero-order chi connectivity index (χ0) is 16.4. The van der Waals surface area contributed by atoms with E-state index in [1.54, 1.807) is 4.90 Å². The van der Waals surface area contributed by atoms with Gasteiger partial charge in [0.05, 0.1) is 18.0 Å². The summed E-state index contributed by atoms with van der Waals surface area (Å²) in [4.78, 5) is 25.4. The van der Waals surface area contributed by atoms with Crippen LogP contribution in [0.1, 0.15) is 37.2 Å². The Morgan fingerprint density at radius 3 is 2.59 bits per heavy atom. The minimum atomic E-state index is -0.313. The van der Waals surface area contributed by atoms with Gasteiger partial charge in [-0.05, 0) is 26.2 Å². The third kappa shape index (κ3) is 3.48. The highest BCUT2D eigenvalue weighted by atomic mass is 16.2. The minimum Gasteiger partial charge on any atom is -0.369 e. The van der Waals surface area contributed by atoms with E-state index in [1.807, 2.05) is 18.5 Å². The summed E-state index contributed by atoms with van der Waals surface area (Å²) in [6.45, 7) is 10.2. The molecule has 1 saturated heterocycles. The molecule has 0 bridgehead atoms. The first-order chi connectivity index (χ1) is 10.3. The topological polar surface area (TPSA) is 81.2 Å². The SMILES string of the molecule is Cc1nn(CC(C)C)c(C)c1CC(=O)N1CCC(C(N)=O)C1. The number of nitrogens with two attached hydrogens (primary N) is 1. The van der Waals surface area contributed by atoms with Crippen molar-refractivity contribution >= 4 is 11.8 Å². The number of aromatic nitrogens is 2. The number of amides is 2. The fraction of sp³-hybridized carbons (Fsp3) is 0.688. The summed E-state index contributed by atoms with van der Waals surface area (Å²) < 4.78 is 1.98. The molecule has 2 heterocycles. The standard InChI is InChI=1S/C16H26N4O2/c1-10(2)8-20-12(4)14(11(3)18-20)7-15(21)19-6-5-13(9-19)16(17)22/h10,13H,5-9H2,1-4H3,(H2,17,22). The number of rotatable bonds is 5. The van der Waals surface area contributed by atoms with Crippen molar-refractivity contribution in [1.29, 1.82) is 0 Å². The van der Waals surface area contributed by atoms with Crippen LogP contribution < -0.4 is 5.73 Å². The van der Waals surface area contributed by atoms with Crippen molar-refractivity contribution in [1.82, 2.24) is 14.7 Å². The van der Waals surface area contributed by atoms with E-state index >= 15 is 0 Å². The van der Waals surface area contributed by atoms with Crippen molar-refractivity contribution < 1.29 is 9.59 Å². The molecule has 1 atom stereocenters. The number of carbonyl (C=O) groups excluding carboxylic acids is 2. The van der Waals surface area contributed by atoms with Crippen LogP contribution in [0.3, 0.4) is 0 Å². The number of likely N-dealkylation sites (tertiary alicyclic amines) is 1. The van der Waals surface area contributed by atoms with E-state index in [1.165, 1.54) is 0 Å². The second-order valence-electron chi connectivity index (χ2n) is 6.63. The molecule has 122 valence electrons. The van der Waals surface area contributed by atoms with Crippen molar-refractivity contribution in [2.24, 2.45) is 17.6 Å². The van der Waals surface area contributed by atoms with Crippen LogP contribution in [0, 0.1) is 25.7 Å². The summed E-state index contributed by atoms with van der Waals surface area (Å²) in [5.74, 6) is 0.0535. The summed E-state index contributed by atoms with van der Waals surface area (Å²) >= 11 is 0. The number of hydrogen-bond acceptors (Lipinski definition) is 3. The average molecular weight is 306 g/mol. The van der Waals surface area contributed by atoms with Gasteiger partial charge in [-0.25, -0.2) is 0 Å². The molecule has 1 aliphatic heterocycles. The van der Waals surface area contributed by atoms with Crippen molar-refractivity contribution in [3.8, 4) is 0 Å². The third-order valence-electron chi connectivity index (χ3n) is 4.34. The van der Waals surface area contributed by atoms with E-state index in [4.69, 9.17) is 5.73 Å². The molecule has 1 fully saturated rings. The van der Waals surface area contributed by atoms with Crippen molar-refractivity contribution in [2.45, 2.75) is 47.1 Å². The number of nitrogens with zero attached hydrogens (tertiary/aromatic N) is 3. The summed E-state index contributed by atoms with van der Waals surface area (Å²) in [6, 6.07) is 0. The second-order valence-corrected chi connectivity index (χ2v) is 6.63. The molecular formula is C16H26N4O2. The first kappa shape index (κ1) is 16.5. The molecular weight excluding hydrogens is 280 g/mol. The van der Waals surface area contributed by atoms with Crippen LogP contribution in [-0.4, -0.2) is 39.6 Å². The minimum absolute atomic E-state index is 0.0547. The Labute approximate surface area is 131 Å². The van der Waals surface area contributed by atoms with Crippen LogP contribution in [0.15, 0.2) is 0 Å². The fourth-order valence-corrected chi connectivity index (χ4v) is 3.00. The maximum Gasteiger partial charge on any atom is 0.227 e. The van der Waals surface area contributed by atoms with E-state index < -0.39 is 0 Å². The van der Waals surface area contributed by atoms with Crippen LogP contribution in [0.2, 0.25) is 0 Å². The van der Waals surface area contributed by atoms with E-state index in [2.05, 4.69) is 18.9 Å². The molecule has 1 unspecified atom stereocenters. The predicted octanol–water partition coefficient (Wildman–Crippen LogP) is 1.03. The quantitative estimate of drug-likeness (QED) is 0.882. The third-order valence-corrected chi connectivity index (χ3v) is 4.34. The molecule has 22 heavy (non-hydrogen) atoms. The second kappa shape index (κ2) is 6.50. The van der Waals surface area contributed by atoms with Crippen LogP contribution >= 0.6 is 0 Å². The Morgan fingerprint density at radius 2 is 2.05 bits per heavy atom. The average Bonchev–Trinajstić information content (AvgIpc) is 3.00. The zero-order valence-corrected chi connectivity index (χ0v) is 13.9. The number of aryl methyl sites for hydroxylation is 1. The van der Waals surface area contributed by atoms with Gasteiger partial charge >= 0.3 is 0 Å². The van der Waals surface area contributed by atoms with E-state index in [0.29, 0.717) is 31.8 Å². The number of carbonyl (C=O) groups is 2. The highest BCUT2D eigenvalue weighted by molar-refractivity contribution is 5.82. The summed E-state index contributed by atoms with van der Waals surface area (Å²) in [6.07, 6.45) is 1.02. The highest BCUT2D eigenvalue weighted by Gasteiger charge is 2.30.